The summed E-state index contributed by atoms with van der Waals surface area (Å²) in [5.41, 5.74) is 2.86. The van der Waals surface area contributed by atoms with Crippen LogP contribution >= 0.6 is 35.0 Å². The molecule has 38 heavy (non-hydrogen) atoms. The first-order chi connectivity index (χ1) is 18.5. The Morgan fingerprint density at radius 2 is 1.79 bits per heavy atom. The van der Waals surface area contributed by atoms with Crippen molar-refractivity contribution in [1.29, 1.82) is 0 Å². The van der Waals surface area contributed by atoms with E-state index in [-0.39, 0.29) is 30.7 Å². The van der Waals surface area contributed by atoms with E-state index in [1.807, 2.05) is 41.3 Å². The van der Waals surface area contributed by atoms with Gasteiger partial charge in [-0.25, -0.2) is 0 Å². The SMILES string of the molecule is O=C(COc1ccc(Cl)cc1)NCc1nnc(SCC(=O)N2CCc3ccccc32)n1-c1cccc(Cl)c1. The molecular weight excluding hydrogens is 545 g/mol. The summed E-state index contributed by atoms with van der Waals surface area (Å²) in [6.45, 7) is 0.603. The van der Waals surface area contributed by atoms with Crippen LogP contribution in [0.3, 0.4) is 0 Å². The number of thioether (sulfide) groups is 1. The molecule has 4 aromatic rings. The molecule has 3 aromatic carbocycles. The van der Waals surface area contributed by atoms with Gasteiger partial charge in [0.2, 0.25) is 5.91 Å². The third kappa shape index (κ3) is 6.12. The second kappa shape index (κ2) is 11.9. The van der Waals surface area contributed by atoms with E-state index in [9.17, 15) is 9.59 Å². The molecule has 0 unspecified atom stereocenters. The van der Waals surface area contributed by atoms with E-state index in [1.165, 1.54) is 17.3 Å². The van der Waals surface area contributed by atoms with Gasteiger partial charge in [0.1, 0.15) is 5.75 Å². The number of hydrogen-bond acceptors (Lipinski definition) is 6. The molecule has 5 rings (SSSR count). The number of benzene rings is 3. The van der Waals surface area contributed by atoms with Gasteiger partial charge >= 0.3 is 0 Å². The van der Waals surface area contributed by atoms with Gasteiger partial charge in [-0.05, 0) is 60.5 Å². The van der Waals surface area contributed by atoms with Crippen LogP contribution in [0.15, 0.2) is 78.0 Å². The number of aromatic nitrogens is 3. The minimum atomic E-state index is -0.322. The lowest BCUT2D eigenvalue weighted by Crippen LogP contribution is -2.30. The maximum atomic E-state index is 13.1. The van der Waals surface area contributed by atoms with Crippen LogP contribution in [0.2, 0.25) is 10.0 Å². The van der Waals surface area contributed by atoms with Crippen molar-refractivity contribution in [1.82, 2.24) is 20.1 Å². The Morgan fingerprint density at radius 1 is 0.974 bits per heavy atom. The number of anilines is 1. The predicted molar refractivity (Wildman–Crippen MR) is 148 cm³/mol. The third-order valence-corrected chi connectivity index (χ3v) is 7.31. The molecule has 0 aliphatic carbocycles. The largest absolute Gasteiger partial charge is 0.484 e. The summed E-state index contributed by atoms with van der Waals surface area (Å²) in [6.07, 6.45) is 0.844. The summed E-state index contributed by atoms with van der Waals surface area (Å²) >= 11 is 13.4. The molecule has 1 aromatic heterocycles. The molecule has 1 aliphatic rings. The van der Waals surface area contributed by atoms with Crippen molar-refractivity contribution in [2.75, 3.05) is 23.8 Å². The maximum absolute atomic E-state index is 13.1. The lowest BCUT2D eigenvalue weighted by Gasteiger charge is -2.17. The van der Waals surface area contributed by atoms with Crippen LogP contribution in [0.4, 0.5) is 5.69 Å². The number of fused-ring (bicyclic) bond motifs is 1. The van der Waals surface area contributed by atoms with Crippen molar-refractivity contribution in [3.8, 4) is 11.4 Å². The Labute approximate surface area is 233 Å². The summed E-state index contributed by atoms with van der Waals surface area (Å²) in [6, 6.07) is 21.9. The van der Waals surface area contributed by atoms with E-state index in [2.05, 4.69) is 15.5 Å². The average Bonchev–Trinajstić information content (AvgIpc) is 3.54. The fourth-order valence-electron chi connectivity index (χ4n) is 4.09. The molecule has 0 radical (unpaired) electrons. The molecule has 0 fully saturated rings. The number of para-hydroxylation sites is 1. The van der Waals surface area contributed by atoms with Gasteiger partial charge in [0.15, 0.2) is 17.6 Å². The zero-order chi connectivity index (χ0) is 26.5. The van der Waals surface area contributed by atoms with Crippen LogP contribution in [-0.4, -0.2) is 45.5 Å². The van der Waals surface area contributed by atoms with Crippen LogP contribution in [0.5, 0.6) is 5.75 Å². The number of nitrogens with one attached hydrogen (secondary N) is 1. The molecule has 2 amide bonds. The highest BCUT2D eigenvalue weighted by Gasteiger charge is 2.25. The number of carbonyl (C=O) groups is 2. The lowest BCUT2D eigenvalue weighted by molar-refractivity contribution is -0.123. The van der Waals surface area contributed by atoms with Gasteiger partial charge in [-0.1, -0.05) is 59.2 Å². The quantitative estimate of drug-likeness (QED) is 0.288. The molecule has 1 aliphatic heterocycles. The van der Waals surface area contributed by atoms with Gasteiger partial charge in [0, 0.05) is 22.3 Å². The van der Waals surface area contributed by atoms with E-state index in [4.69, 9.17) is 27.9 Å². The Hall–Kier alpha value is -3.53. The van der Waals surface area contributed by atoms with Crippen LogP contribution in [0.25, 0.3) is 5.69 Å². The molecule has 0 atom stereocenters. The van der Waals surface area contributed by atoms with Crippen molar-refractivity contribution < 1.29 is 14.3 Å². The van der Waals surface area contributed by atoms with Gasteiger partial charge in [-0.3, -0.25) is 14.2 Å². The van der Waals surface area contributed by atoms with Crippen molar-refractivity contribution in [2.24, 2.45) is 0 Å². The molecule has 2 heterocycles. The Balaban J connectivity index is 1.27. The molecule has 11 heteroatoms. The number of rotatable bonds is 9. The fourth-order valence-corrected chi connectivity index (χ4v) is 5.25. The van der Waals surface area contributed by atoms with Gasteiger partial charge < -0.3 is 15.0 Å². The van der Waals surface area contributed by atoms with E-state index < -0.39 is 0 Å². The number of ether oxygens (including phenoxy) is 1. The standard InChI is InChI=1S/C27H23Cl2N5O3S/c28-19-8-10-22(11-9-19)37-16-25(35)30-15-24-31-32-27(34(24)21-6-3-5-20(29)14-21)38-17-26(36)33-13-12-18-4-1-2-7-23(18)33/h1-11,14H,12-13,15-17H2,(H,30,35). The van der Waals surface area contributed by atoms with Gasteiger partial charge in [0.25, 0.3) is 5.91 Å². The van der Waals surface area contributed by atoms with Crippen LogP contribution < -0.4 is 15.0 Å². The highest BCUT2D eigenvalue weighted by Crippen LogP contribution is 2.29. The number of nitrogens with zero attached hydrogens (tertiary/aromatic N) is 4. The first-order valence-electron chi connectivity index (χ1n) is 11.8. The van der Waals surface area contributed by atoms with E-state index >= 15 is 0 Å². The smallest absolute Gasteiger partial charge is 0.258 e. The normalized spacial score (nSPS) is 12.3. The van der Waals surface area contributed by atoms with E-state index in [0.29, 0.717) is 33.3 Å². The molecule has 0 saturated carbocycles. The first kappa shape index (κ1) is 26.1. The van der Waals surface area contributed by atoms with E-state index in [1.54, 1.807) is 41.0 Å². The summed E-state index contributed by atoms with van der Waals surface area (Å²) in [5.74, 6) is 0.894. The fraction of sp³-hybridized carbons (Fsp3) is 0.185. The molecule has 0 spiro atoms. The Bertz CT molecular complexity index is 1460. The molecule has 0 bridgehead atoms. The number of carbonyl (C=O) groups excluding carboxylic acids is 2. The first-order valence-corrected chi connectivity index (χ1v) is 13.6. The second-order valence-electron chi connectivity index (χ2n) is 8.45. The topological polar surface area (TPSA) is 89.3 Å². The highest BCUT2D eigenvalue weighted by atomic mass is 35.5. The third-order valence-electron chi connectivity index (χ3n) is 5.91. The van der Waals surface area contributed by atoms with Crippen LogP contribution in [-0.2, 0) is 22.6 Å². The van der Waals surface area contributed by atoms with Crippen molar-refractivity contribution in [3.63, 3.8) is 0 Å². The van der Waals surface area contributed by atoms with Gasteiger partial charge in [-0.15, -0.1) is 10.2 Å². The summed E-state index contributed by atoms with van der Waals surface area (Å²) in [7, 11) is 0. The molecule has 8 nitrogen and oxygen atoms in total. The van der Waals surface area contributed by atoms with E-state index in [0.717, 1.165) is 17.8 Å². The monoisotopic (exact) mass is 567 g/mol. The zero-order valence-electron chi connectivity index (χ0n) is 20.1. The van der Waals surface area contributed by atoms with Crippen molar-refractivity contribution >= 4 is 52.5 Å². The molecule has 1 N–H and O–H groups in total. The number of amides is 2. The zero-order valence-corrected chi connectivity index (χ0v) is 22.5. The number of hydrogen-bond donors (Lipinski definition) is 1. The summed E-state index contributed by atoms with van der Waals surface area (Å²) in [4.78, 5) is 27.3. The van der Waals surface area contributed by atoms with Gasteiger partial charge in [-0.2, -0.15) is 0 Å². The molecular formula is C27H23Cl2N5O3S. The van der Waals surface area contributed by atoms with Crippen molar-refractivity contribution in [3.05, 3.63) is 94.2 Å². The van der Waals surface area contributed by atoms with Gasteiger partial charge in [0.05, 0.1) is 18.0 Å². The lowest BCUT2D eigenvalue weighted by atomic mass is 10.2. The highest BCUT2D eigenvalue weighted by molar-refractivity contribution is 7.99. The second-order valence-corrected chi connectivity index (χ2v) is 10.3. The van der Waals surface area contributed by atoms with Crippen LogP contribution in [0, 0.1) is 0 Å². The van der Waals surface area contributed by atoms with Crippen LogP contribution in [0.1, 0.15) is 11.4 Å². The molecule has 0 saturated heterocycles. The molecule has 194 valence electrons. The summed E-state index contributed by atoms with van der Waals surface area (Å²) < 4.78 is 7.30. The summed E-state index contributed by atoms with van der Waals surface area (Å²) in [5, 5.41) is 13.1. The Kier molecular flexibility index (Phi) is 8.17. The maximum Gasteiger partial charge on any atom is 0.258 e. The average molecular weight is 568 g/mol. The minimum absolute atomic E-state index is 0.00482. The number of halogens is 2. The minimum Gasteiger partial charge on any atom is -0.484 e. The van der Waals surface area contributed by atoms with Crippen molar-refractivity contribution in [2.45, 2.75) is 18.1 Å². The Morgan fingerprint density at radius 3 is 2.61 bits per heavy atom. The predicted octanol–water partition coefficient (Wildman–Crippen LogP) is 4.95.